The lowest BCUT2D eigenvalue weighted by Gasteiger charge is -2.08. The predicted octanol–water partition coefficient (Wildman–Crippen LogP) is 3.47. The van der Waals surface area contributed by atoms with Gasteiger partial charge in [0, 0.05) is 11.1 Å². The Kier molecular flexibility index (Phi) is 5.32. The maximum Gasteiger partial charge on any atom is 0.259 e. The molecule has 0 bridgehead atoms. The van der Waals surface area contributed by atoms with Crippen molar-refractivity contribution in [3.05, 3.63) is 38.8 Å². The standard InChI is InChI=1S/C13H13Cl2N3O3S2/c1-6(2)10-5-17-13(22-10)18-12(19)7-3-11(23(16,20)21)9(15)4-8(7)14/h3-6H,1-2H3,(H2,16,20,21)(H,17,18,19). The number of carbonyl (C=O) groups is 1. The fraction of sp³-hybridized carbons (Fsp3) is 0.231. The second kappa shape index (κ2) is 6.74. The van der Waals surface area contributed by atoms with Gasteiger partial charge in [-0.2, -0.15) is 0 Å². The number of halogens is 2. The minimum absolute atomic E-state index is 0.0144. The topological polar surface area (TPSA) is 102 Å². The molecule has 0 saturated carbocycles. The van der Waals surface area contributed by atoms with E-state index in [4.69, 9.17) is 28.3 Å². The minimum Gasteiger partial charge on any atom is -0.298 e. The Hall–Kier alpha value is -1.19. The Morgan fingerprint density at radius 2 is 1.96 bits per heavy atom. The monoisotopic (exact) mass is 393 g/mol. The highest BCUT2D eigenvalue weighted by atomic mass is 35.5. The van der Waals surface area contributed by atoms with Crippen LogP contribution in [0.4, 0.5) is 5.13 Å². The van der Waals surface area contributed by atoms with Crippen LogP contribution in [0.15, 0.2) is 23.2 Å². The molecule has 0 aliphatic carbocycles. The molecule has 0 fully saturated rings. The number of thiazole rings is 1. The molecule has 1 heterocycles. The van der Waals surface area contributed by atoms with Crippen molar-refractivity contribution in [2.45, 2.75) is 24.7 Å². The highest BCUT2D eigenvalue weighted by Crippen LogP contribution is 2.30. The molecule has 0 atom stereocenters. The summed E-state index contributed by atoms with van der Waals surface area (Å²) >= 11 is 13.1. The van der Waals surface area contributed by atoms with Gasteiger partial charge in [0.05, 0.1) is 15.6 Å². The smallest absolute Gasteiger partial charge is 0.259 e. The molecule has 0 aliphatic rings. The third-order valence-electron chi connectivity index (χ3n) is 2.89. The molecule has 0 spiro atoms. The molecule has 0 saturated heterocycles. The van der Waals surface area contributed by atoms with Crippen LogP contribution in [0.2, 0.25) is 10.0 Å². The third kappa shape index (κ3) is 4.21. The van der Waals surface area contributed by atoms with Crippen molar-refractivity contribution in [3.8, 4) is 0 Å². The van der Waals surface area contributed by atoms with E-state index in [9.17, 15) is 13.2 Å². The van der Waals surface area contributed by atoms with Crippen LogP contribution in [0.1, 0.15) is 35.0 Å². The number of hydrogen-bond donors (Lipinski definition) is 2. The molecule has 23 heavy (non-hydrogen) atoms. The zero-order valence-corrected chi connectivity index (χ0v) is 15.3. The van der Waals surface area contributed by atoms with Gasteiger partial charge in [0.1, 0.15) is 4.90 Å². The second-order valence-electron chi connectivity index (χ2n) is 4.98. The van der Waals surface area contributed by atoms with Crippen molar-refractivity contribution in [2.75, 3.05) is 5.32 Å². The van der Waals surface area contributed by atoms with Crippen molar-refractivity contribution in [1.29, 1.82) is 0 Å². The first-order valence-electron chi connectivity index (χ1n) is 6.38. The van der Waals surface area contributed by atoms with Gasteiger partial charge in [-0.05, 0) is 18.1 Å². The Morgan fingerprint density at radius 1 is 1.30 bits per heavy atom. The molecule has 0 aliphatic heterocycles. The van der Waals surface area contributed by atoms with E-state index in [2.05, 4.69) is 10.3 Å². The largest absolute Gasteiger partial charge is 0.298 e. The van der Waals surface area contributed by atoms with Gasteiger partial charge in [-0.1, -0.05) is 37.0 Å². The Labute approximate surface area is 147 Å². The van der Waals surface area contributed by atoms with E-state index in [-0.39, 0.29) is 26.4 Å². The quantitative estimate of drug-likeness (QED) is 0.829. The zero-order valence-electron chi connectivity index (χ0n) is 12.1. The molecule has 2 aromatic rings. The van der Waals surface area contributed by atoms with Crippen molar-refractivity contribution < 1.29 is 13.2 Å². The van der Waals surface area contributed by atoms with Gasteiger partial charge in [0.25, 0.3) is 5.91 Å². The van der Waals surface area contributed by atoms with E-state index < -0.39 is 15.9 Å². The van der Waals surface area contributed by atoms with E-state index in [0.29, 0.717) is 5.13 Å². The average molecular weight is 394 g/mol. The lowest BCUT2D eigenvalue weighted by molar-refractivity contribution is 0.102. The highest BCUT2D eigenvalue weighted by Gasteiger charge is 2.20. The summed E-state index contributed by atoms with van der Waals surface area (Å²) in [4.78, 5) is 17.0. The van der Waals surface area contributed by atoms with Crippen molar-refractivity contribution in [3.63, 3.8) is 0 Å². The third-order valence-corrected chi connectivity index (χ3v) is 5.79. The van der Waals surface area contributed by atoms with Gasteiger partial charge in [0.15, 0.2) is 5.13 Å². The van der Waals surface area contributed by atoms with E-state index in [1.54, 1.807) is 6.20 Å². The van der Waals surface area contributed by atoms with Crippen LogP contribution in [0.5, 0.6) is 0 Å². The number of rotatable bonds is 4. The summed E-state index contributed by atoms with van der Waals surface area (Å²) in [6, 6.07) is 2.21. The van der Waals surface area contributed by atoms with Crippen LogP contribution >= 0.6 is 34.5 Å². The van der Waals surface area contributed by atoms with Gasteiger partial charge in [0.2, 0.25) is 10.0 Å². The zero-order chi connectivity index (χ0) is 17.4. The minimum atomic E-state index is -4.07. The molecule has 6 nitrogen and oxygen atoms in total. The summed E-state index contributed by atoms with van der Waals surface area (Å²) in [6.45, 7) is 4.02. The molecule has 1 amide bonds. The average Bonchev–Trinajstić information content (AvgIpc) is 2.85. The summed E-state index contributed by atoms with van der Waals surface area (Å²) in [7, 11) is -4.07. The number of nitrogens with one attached hydrogen (secondary N) is 1. The van der Waals surface area contributed by atoms with Crippen molar-refractivity contribution in [1.82, 2.24) is 4.98 Å². The van der Waals surface area contributed by atoms with Crippen molar-refractivity contribution >= 4 is 55.6 Å². The van der Waals surface area contributed by atoms with Gasteiger partial charge in [-0.25, -0.2) is 18.5 Å². The number of anilines is 1. The first kappa shape index (κ1) is 18.2. The molecule has 0 radical (unpaired) electrons. The number of nitrogens with two attached hydrogens (primary N) is 1. The van der Waals surface area contributed by atoms with Gasteiger partial charge in [-0.15, -0.1) is 11.3 Å². The van der Waals surface area contributed by atoms with Crippen LogP contribution in [0.25, 0.3) is 0 Å². The first-order valence-corrected chi connectivity index (χ1v) is 9.50. The number of sulfonamides is 1. The van der Waals surface area contributed by atoms with Gasteiger partial charge >= 0.3 is 0 Å². The predicted molar refractivity (Wildman–Crippen MR) is 92.0 cm³/mol. The number of aromatic nitrogens is 1. The highest BCUT2D eigenvalue weighted by molar-refractivity contribution is 7.89. The lowest BCUT2D eigenvalue weighted by atomic mass is 10.2. The number of benzene rings is 1. The van der Waals surface area contributed by atoms with E-state index in [0.717, 1.165) is 10.9 Å². The number of nitrogens with zero attached hydrogens (tertiary/aromatic N) is 1. The summed E-state index contributed by atoms with van der Waals surface area (Å²) in [5, 5.41) is 7.90. The summed E-state index contributed by atoms with van der Waals surface area (Å²) in [5.74, 6) is -0.313. The van der Waals surface area contributed by atoms with Crippen LogP contribution in [-0.4, -0.2) is 19.3 Å². The molecule has 3 N–H and O–H groups in total. The van der Waals surface area contributed by atoms with Crippen molar-refractivity contribution in [2.24, 2.45) is 5.14 Å². The van der Waals surface area contributed by atoms with E-state index in [1.165, 1.54) is 17.4 Å². The van der Waals surface area contributed by atoms with Gasteiger partial charge < -0.3 is 0 Å². The maximum atomic E-state index is 12.3. The molecule has 1 aromatic carbocycles. The summed E-state index contributed by atoms with van der Waals surface area (Å²) in [6.07, 6.45) is 1.67. The van der Waals surface area contributed by atoms with Crippen LogP contribution in [0.3, 0.4) is 0 Å². The molecular weight excluding hydrogens is 381 g/mol. The van der Waals surface area contributed by atoms with Crippen LogP contribution in [-0.2, 0) is 10.0 Å². The fourth-order valence-corrected chi connectivity index (χ4v) is 3.91. The van der Waals surface area contributed by atoms with E-state index >= 15 is 0 Å². The second-order valence-corrected chi connectivity index (χ2v) is 8.39. The molecular formula is C13H13Cl2N3O3S2. The molecule has 0 unspecified atom stereocenters. The Balaban J connectivity index is 2.35. The summed E-state index contributed by atoms with van der Waals surface area (Å²) < 4.78 is 23.0. The maximum absolute atomic E-state index is 12.3. The molecule has 2 rings (SSSR count). The number of carbonyl (C=O) groups excluding carboxylic acids is 1. The van der Waals surface area contributed by atoms with Crippen LogP contribution < -0.4 is 10.5 Å². The number of hydrogen-bond acceptors (Lipinski definition) is 5. The number of primary sulfonamides is 1. The first-order chi connectivity index (χ1) is 10.6. The molecule has 124 valence electrons. The Bertz CT molecular complexity index is 863. The van der Waals surface area contributed by atoms with E-state index in [1.807, 2.05) is 13.8 Å². The SMILES string of the molecule is CC(C)c1cnc(NC(=O)c2cc(S(N)(=O)=O)c(Cl)cc2Cl)s1. The molecule has 10 heteroatoms. The van der Waals surface area contributed by atoms with Crippen LogP contribution in [0, 0.1) is 0 Å². The summed E-state index contributed by atoms with van der Waals surface area (Å²) in [5.41, 5.74) is -0.0543. The molecule has 1 aromatic heterocycles. The normalized spacial score (nSPS) is 11.7. The fourth-order valence-electron chi connectivity index (χ4n) is 1.70. The lowest BCUT2D eigenvalue weighted by Crippen LogP contribution is -2.16. The number of amides is 1. The Morgan fingerprint density at radius 3 is 2.48 bits per heavy atom. The van der Waals surface area contributed by atoms with Gasteiger partial charge in [-0.3, -0.25) is 10.1 Å².